The molecule has 0 aliphatic heterocycles. The maximum Gasteiger partial charge on any atom is 0.305 e. The third kappa shape index (κ3) is 8.43. The Morgan fingerprint density at radius 1 is 1.17 bits per heavy atom. The number of thiophene rings is 1. The van der Waals surface area contributed by atoms with E-state index in [1.54, 1.807) is 35.7 Å². The van der Waals surface area contributed by atoms with E-state index in [-0.39, 0.29) is 24.5 Å². The van der Waals surface area contributed by atoms with Crippen LogP contribution in [-0.2, 0) is 9.59 Å². The Balaban J connectivity index is 0.00000204. The van der Waals surface area contributed by atoms with E-state index >= 15 is 0 Å². The monoisotopic (exact) mass is 419 g/mol. The van der Waals surface area contributed by atoms with Crippen LogP contribution in [0.25, 0.3) is 0 Å². The number of aliphatic carboxylic acids is 1. The van der Waals surface area contributed by atoms with Gasteiger partial charge in [0.2, 0.25) is 5.91 Å². The van der Waals surface area contributed by atoms with Crippen LogP contribution in [0, 0.1) is 0 Å². The minimum atomic E-state index is -1.03. The maximum atomic E-state index is 12.2. The second-order valence-electron chi connectivity index (χ2n) is 5.50. The number of benzene rings is 1. The van der Waals surface area contributed by atoms with E-state index in [2.05, 4.69) is 15.6 Å². The minimum Gasteiger partial charge on any atom is -0.481 e. The molecule has 2 aromatic rings. The van der Waals surface area contributed by atoms with Crippen molar-refractivity contribution in [2.45, 2.75) is 26.3 Å². The molecule has 0 aliphatic rings. The number of aliphatic imine (C=N–C) groups is 1. The van der Waals surface area contributed by atoms with E-state index < -0.39 is 23.8 Å². The van der Waals surface area contributed by atoms with Crippen LogP contribution in [0.4, 0.5) is 5.69 Å². The van der Waals surface area contributed by atoms with E-state index in [1.807, 2.05) is 13.8 Å². The van der Waals surface area contributed by atoms with Gasteiger partial charge in [0, 0.05) is 10.4 Å². The smallest absolute Gasteiger partial charge is 0.305 e. The maximum absolute atomic E-state index is 12.2. The molecule has 1 heterocycles. The Kier molecular flexibility index (Phi) is 9.89. The molecule has 0 radical (unpaired) electrons. The fourth-order valence-corrected chi connectivity index (χ4v) is 3.04. The Hall–Kier alpha value is -3.40. The molecule has 1 aromatic heterocycles. The first-order valence-corrected chi connectivity index (χ1v) is 9.75. The largest absolute Gasteiger partial charge is 0.481 e. The number of nitrogens with one attached hydrogen (secondary N) is 2. The summed E-state index contributed by atoms with van der Waals surface area (Å²) >= 11 is 1.34. The normalized spacial score (nSPS) is 10.7. The predicted molar refractivity (Wildman–Crippen MR) is 113 cm³/mol. The number of carboxylic acids is 1. The summed E-state index contributed by atoms with van der Waals surface area (Å²) in [7, 11) is 0. The second-order valence-corrected chi connectivity index (χ2v) is 6.48. The molecule has 29 heavy (non-hydrogen) atoms. The summed E-state index contributed by atoms with van der Waals surface area (Å²) in [5.74, 6) is -2.15. The molecule has 0 aliphatic carbocycles. The van der Waals surface area contributed by atoms with Crippen LogP contribution in [-0.4, -0.2) is 35.4 Å². The topological polar surface area (TPSA) is 160 Å². The average Bonchev–Trinajstić information content (AvgIpc) is 3.21. The molecule has 156 valence electrons. The van der Waals surface area contributed by atoms with E-state index in [0.29, 0.717) is 5.69 Å². The second kappa shape index (κ2) is 12.1. The summed E-state index contributed by atoms with van der Waals surface area (Å²) in [5, 5.41) is 15.9. The van der Waals surface area contributed by atoms with Gasteiger partial charge in [0.05, 0.1) is 24.7 Å². The van der Waals surface area contributed by atoms with Crippen molar-refractivity contribution in [3.05, 3.63) is 52.2 Å². The van der Waals surface area contributed by atoms with Crippen molar-refractivity contribution in [3.8, 4) is 0 Å². The molecule has 1 unspecified atom stereocenters. The molecule has 9 nitrogen and oxygen atoms in total. The van der Waals surface area contributed by atoms with Gasteiger partial charge in [-0.3, -0.25) is 14.4 Å². The first-order valence-electron chi connectivity index (χ1n) is 8.87. The molecule has 7 N–H and O–H groups in total. The van der Waals surface area contributed by atoms with Crippen LogP contribution >= 0.6 is 11.3 Å². The number of carbonyl (C=O) groups is 3. The van der Waals surface area contributed by atoms with Crippen molar-refractivity contribution in [2.24, 2.45) is 16.5 Å². The lowest BCUT2D eigenvalue weighted by Gasteiger charge is -2.16. The van der Waals surface area contributed by atoms with Crippen molar-refractivity contribution < 1.29 is 19.5 Å². The molecule has 0 saturated heterocycles. The van der Waals surface area contributed by atoms with Crippen LogP contribution in [0.1, 0.15) is 41.5 Å². The molecule has 2 amide bonds. The fraction of sp³-hybridized carbons (Fsp3) is 0.263. The van der Waals surface area contributed by atoms with Gasteiger partial charge in [0.15, 0.2) is 5.96 Å². The lowest BCUT2D eigenvalue weighted by Crippen LogP contribution is -2.39. The number of guanidine groups is 1. The molecule has 1 atom stereocenters. The quantitative estimate of drug-likeness (QED) is 0.323. The van der Waals surface area contributed by atoms with Crippen LogP contribution in [0.3, 0.4) is 0 Å². The van der Waals surface area contributed by atoms with Crippen LogP contribution in [0.2, 0.25) is 0 Å². The number of hydrogen-bond donors (Lipinski definition) is 5. The average molecular weight is 420 g/mol. The zero-order valence-corrected chi connectivity index (χ0v) is 17.0. The number of rotatable bonds is 8. The number of nitrogens with zero attached hydrogens (tertiary/aromatic N) is 1. The van der Waals surface area contributed by atoms with Gasteiger partial charge in [0.1, 0.15) is 0 Å². The number of carbonyl (C=O) groups excluding carboxylic acids is 2. The van der Waals surface area contributed by atoms with Gasteiger partial charge in [-0.05, 0) is 29.6 Å². The Morgan fingerprint density at radius 3 is 2.48 bits per heavy atom. The van der Waals surface area contributed by atoms with Crippen LogP contribution in [0.15, 0.2) is 46.8 Å². The van der Waals surface area contributed by atoms with E-state index in [9.17, 15) is 14.4 Å². The summed E-state index contributed by atoms with van der Waals surface area (Å²) in [6, 6.07) is 9.12. The molecule has 2 rings (SSSR count). The molecule has 1 aromatic carbocycles. The van der Waals surface area contributed by atoms with Crippen molar-refractivity contribution in [1.29, 1.82) is 0 Å². The highest BCUT2D eigenvalue weighted by Crippen LogP contribution is 2.21. The minimum absolute atomic E-state index is 0.134. The van der Waals surface area contributed by atoms with Crippen molar-refractivity contribution in [3.63, 3.8) is 0 Å². The Morgan fingerprint density at radius 2 is 1.90 bits per heavy atom. The molecule has 10 heteroatoms. The highest BCUT2D eigenvalue weighted by Gasteiger charge is 2.19. The zero-order valence-electron chi connectivity index (χ0n) is 16.2. The number of amides is 2. The Bertz CT molecular complexity index is 848. The summed E-state index contributed by atoms with van der Waals surface area (Å²) in [4.78, 5) is 39.9. The molecule has 0 spiro atoms. The summed E-state index contributed by atoms with van der Waals surface area (Å²) in [5.41, 5.74) is 11.3. The fourth-order valence-electron chi connectivity index (χ4n) is 2.26. The highest BCUT2D eigenvalue weighted by molar-refractivity contribution is 7.10. The molecule has 0 saturated carbocycles. The van der Waals surface area contributed by atoms with Gasteiger partial charge < -0.3 is 27.2 Å². The van der Waals surface area contributed by atoms with E-state index in [4.69, 9.17) is 16.6 Å². The van der Waals surface area contributed by atoms with Crippen LogP contribution < -0.4 is 22.1 Å². The molecular formula is C19H25N5O4S. The van der Waals surface area contributed by atoms with Gasteiger partial charge in [-0.25, -0.2) is 4.99 Å². The Labute approximate surface area is 172 Å². The van der Waals surface area contributed by atoms with E-state index in [1.165, 1.54) is 17.4 Å². The molecule has 0 fully saturated rings. The van der Waals surface area contributed by atoms with Gasteiger partial charge >= 0.3 is 5.97 Å². The van der Waals surface area contributed by atoms with Crippen molar-refractivity contribution in [2.75, 3.05) is 6.54 Å². The first-order chi connectivity index (χ1) is 13.8. The van der Waals surface area contributed by atoms with Crippen LogP contribution in [0.5, 0.6) is 0 Å². The third-order valence-electron chi connectivity index (χ3n) is 3.38. The molecular weight excluding hydrogens is 394 g/mol. The zero-order chi connectivity index (χ0) is 21.8. The lowest BCUT2D eigenvalue weighted by molar-refractivity contribution is -0.137. The molecule has 0 bridgehead atoms. The van der Waals surface area contributed by atoms with Crippen molar-refractivity contribution >= 4 is 40.8 Å². The number of carboxylic acid groups (broad SMARTS) is 1. The van der Waals surface area contributed by atoms with Gasteiger partial charge in [-0.15, -0.1) is 11.3 Å². The van der Waals surface area contributed by atoms with Gasteiger partial charge in [0.25, 0.3) is 5.91 Å². The third-order valence-corrected chi connectivity index (χ3v) is 4.36. The SMILES string of the molecule is CC.NC(N)=Nc1cccc(C(=O)NCC(=O)NC(CC(=O)O)c2cccs2)c1. The van der Waals surface area contributed by atoms with E-state index in [0.717, 1.165) is 4.88 Å². The predicted octanol–water partition coefficient (Wildman–Crippen LogP) is 1.74. The lowest BCUT2D eigenvalue weighted by atomic mass is 10.1. The van der Waals surface area contributed by atoms with Gasteiger partial charge in [-0.2, -0.15) is 0 Å². The van der Waals surface area contributed by atoms with Crippen molar-refractivity contribution in [1.82, 2.24) is 10.6 Å². The summed E-state index contributed by atoms with van der Waals surface area (Å²) < 4.78 is 0. The summed E-state index contributed by atoms with van der Waals surface area (Å²) in [6.45, 7) is 3.70. The standard InChI is InChI=1S/C17H19N5O4S.C2H6/c18-17(19)21-11-4-1-3-10(7-11)16(26)20-9-14(23)22-12(8-15(24)25)13-5-2-6-27-13;1-2/h1-7,12H,8-9H2,(H,20,26)(H,22,23)(H,24,25)(H4,18,19,21);1-2H3. The number of hydrogen-bond acceptors (Lipinski definition) is 5. The first kappa shape index (κ1) is 23.6. The number of nitrogens with two attached hydrogens (primary N) is 2. The van der Waals surface area contributed by atoms with Gasteiger partial charge in [-0.1, -0.05) is 26.0 Å². The summed E-state index contributed by atoms with van der Waals surface area (Å²) in [6.07, 6.45) is -0.249. The highest BCUT2D eigenvalue weighted by atomic mass is 32.1.